The third-order valence-corrected chi connectivity index (χ3v) is 11.5. The Kier molecular flexibility index (Phi) is 8.34. The normalized spacial score (nSPS) is 15.4. The second-order valence-electron chi connectivity index (χ2n) is 15.0. The van der Waals surface area contributed by atoms with E-state index in [1.165, 1.54) is 16.7 Å². The highest BCUT2D eigenvalue weighted by Crippen LogP contribution is 2.46. The highest BCUT2D eigenvalue weighted by atomic mass is 16.3. The van der Waals surface area contributed by atoms with Crippen LogP contribution in [0.4, 0.5) is 0 Å². The van der Waals surface area contributed by atoms with E-state index in [0.717, 1.165) is 77.7 Å². The van der Waals surface area contributed by atoms with Crippen molar-refractivity contribution in [1.82, 2.24) is 15.2 Å². The molecule has 0 saturated carbocycles. The van der Waals surface area contributed by atoms with Crippen LogP contribution in [0.5, 0.6) is 0 Å². The van der Waals surface area contributed by atoms with Crippen LogP contribution in [0, 0.1) is 0 Å². The third-order valence-electron chi connectivity index (χ3n) is 11.5. The highest BCUT2D eigenvalue weighted by molar-refractivity contribution is 6.22. The zero-order chi connectivity index (χ0) is 38.4. The van der Waals surface area contributed by atoms with E-state index in [0.29, 0.717) is 0 Å². The van der Waals surface area contributed by atoms with Gasteiger partial charge in [-0.1, -0.05) is 176 Å². The molecule has 8 aromatic carbocycles. The number of para-hydroxylation sites is 1. The Morgan fingerprint density at radius 3 is 1.79 bits per heavy atom. The number of hydrogen-bond donors (Lipinski definition) is 2. The van der Waals surface area contributed by atoms with Gasteiger partial charge >= 0.3 is 0 Å². The van der Waals surface area contributed by atoms with E-state index in [1.807, 2.05) is 0 Å². The van der Waals surface area contributed by atoms with Crippen molar-refractivity contribution in [1.29, 1.82) is 0 Å². The first kappa shape index (κ1) is 33.9. The molecule has 0 aliphatic carbocycles. The van der Waals surface area contributed by atoms with Crippen molar-refractivity contribution < 1.29 is 4.42 Å². The van der Waals surface area contributed by atoms with Crippen LogP contribution in [-0.4, -0.2) is 4.57 Å². The predicted molar refractivity (Wildman–Crippen MR) is 239 cm³/mol. The number of hydrogen-bond acceptors (Lipinski definition) is 3. The average Bonchev–Trinajstić information content (AvgIpc) is 3.87. The van der Waals surface area contributed by atoms with Crippen LogP contribution in [0.2, 0.25) is 0 Å². The minimum Gasteiger partial charge on any atom is -0.455 e. The quantitative estimate of drug-likeness (QED) is 0.171. The maximum atomic E-state index is 7.03. The molecular weight excluding hydrogens is 707 g/mol. The maximum Gasteiger partial charge on any atom is 0.145 e. The lowest BCUT2D eigenvalue weighted by atomic mass is 9.96. The van der Waals surface area contributed by atoms with Gasteiger partial charge in [-0.3, -0.25) is 5.32 Å². The number of rotatable bonds is 7. The number of nitrogens with one attached hydrogen (secondary N) is 2. The fraction of sp³-hybridized carbons (Fsp3) is 0.0370. The molecule has 0 radical (unpaired) electrons. The van der Waals surface area contributed by atoms with Crippen molar-refractivity contribution in [2.75, 3.05) is 0 Å². The summed E-state index contributed by atoms with van der Waals surface area (Å²) in [5, 5.41) is 11.2. The number of benzene rings is 8. The first-order valence-electron chi connectivity index (χ1n) is 19.9. The van der Waals surface area contributed by atoms with Gasteiger partial charge in [0.25, 0.3) is 0 Å². The zero-order valence-electron chi connectivity index (χ0n) is 31.7. The molecule has 0 amide bonds. The van der Waals surface area contributed by atoms with Crippen molar-refractivity contribution in [3.63, 3.8) is 0 Å². The van der Waals surface area contributed by atoms with E-state index in [-0.39, 0.29) is 12.2 Å². The van der Waals surface area contributed by atoms with Gasteiger partial charge in [-0.2, -0.15) is 0 Å². The van der Waals surface area contributed by atoms with Gasteiger partial charge in [0.15, 0.2) is 0 Å². The number of aromatic nitrogens is 1. The summed E-state index contributed by atoms with van der Waals surface area (Å²) in [7, 11) is 0. The predicted octanol–water partition coefficient (Wildman–Crippen LogP) is 13.5. The molecule has 2 unspecified atom stereocenters. The van der Waals surface area contributed by atoms with Crippen molar-refractivity contribution in [2.24, 2.45) is 0 Å². The number of nitrogens with zero attached hydrogens (tertiary/aromatic N) is 1. The van der Waals surface area contributed by atoms with Crippen molar-refractivity contribution in [3.05, 3.63) is 229 Å². The van der Waals surface area contributed by atoms with E-state index in [1.54, 1.807) is 0 Å². The van der Waals surface area contributed by atoms with Crippen LogP contribution in [0.25, 0.3) is 77.7 Å². The van der Waals surface area contributed by atoms with E-state index >= 15 is 0 Å². The molecule has 0 saturated heterocycles. The van der Waals surface area contributed by atoms with E-state index in [9.17, 15) is 0 Å². The molecule has 1 aliphatic heterocycles. The summed E-state index contributed by atoms with van der Waals surface area (Å²) >= 11 is 0. The molecule has 0 bridgehead atoms. The Hall–Kier alpha value is -7.40. The van der Waals surface area contributed by atoms with Gasteiger partial charge in [-0.05, 0) is 69.8 Å². The van der Waals surface area contributed by atoms with E-state index < -0.39 is 0 Å². The molecule has 276 valence electrons. The lowest BCUT2D eigenvalue weighted by Crippen LogP contribution is -2.39. The Labute approximate surface area is 337 Å². The lowest BCUT2D eigenvalue weighted by molar-refractivity contribution is 0.442. The second kappa shape index (κ2) is 14.3. The summed E-state index contributed by atoms with van der Waals surface area (Å²) < 4.78 is 9.42. The standard InChI is InChI=1S/C54H39N3O/c1-5-16-36(17-6-1)37-28-30-39(31-29-37)47-35-46(38-18-7-2-8-19-38)55-54(56-47)42-24-15-25-43(34-42)57-48-27-14-13-26-44(48)51-49(57)33-32-45-50(40-20-9-3-10-21-40)52(58-53(45)51)41-22-11-4-12-23-41/h1-35,47,54-56H. The Balaban J connectivity index is 1.03. The molecule has 10 aromatic rings. The van der Waals surface area contributed by atoms with Gasteiger partial charge in [0.05, 0.1) is 22.5 Å². The van der Waals surface area contributed by atoms with Crippen molar-refractivity contribution in [3.8, 4) is 39.3 Å². The highest BCUT2D eigenvalue weighted by Gasteiger charge is 2.26. The first-order valence-corrected chi connectivity index (χ1v) is 19.9. The molecule has 2 atom stereocenters. The summed E-state index contributed by atoms with van der Waals surface area (Å²) in [6.45, 7) is 0. The number of furan rings is 1. The Morgan fingerprint density at radius 2 is 1.07 bits per heavy atom. The molecular formula is C54H39N3O. The van der Waals surface area contributed by atoms with Crippen LogP contribution in [0.3, 0.4) is 0 Å². The lowest BCUT2D eigenvalue weighted by Gasteiger charge is -2.33. The first-order chi connectivity index (χ1) is 28.8. The van der Waals surface area contributed by atoms with E-state index in [2.05, 4.69) is 228 Å². The monoisotopic (exact) mass is 745 g/mol. The minimum atomic E-state index is -0.148. The SMILES string of the molecule is C1=C(c2ccccc2)NC(c2cccc(-n3c4ccccc4c4c5oc(-c6ccccc6)c(-c6ccccc6)c5ccc43)c2)NC1c1ccc(-c2ccccc2)cc1. The van der Waals surface area contributed by atoms with Crippen LogP contribution in [0.1, 0.15) is 28.9 Å². The summed E-state index contributed by atoms with van der Waals surface area (Å²) in [5.74, 6) is 0.883. The Bertz CT molecular complexity index is 3090. The van der Waals surface area contributed by atoms with Crippen LogP contribution >= 0.6 is 0 Å². The van der Waals surface area contributed by atoms with Gasteiger partial charge in [0.1, 0.15) is 17.5 Å². The second-order valence-corrected chi connectivity index (χ2v) is 15.0. The Morgan fingerprint density at radius 1 is 0.448 bits per heavy atom. The average molecular weight is 746 g/mol. The van der Waals surface area contributed by atoms with Crippen LogP contribution in [0.15, 0.2) is 217 Å². The zero-order valence-corrected chi connectivity index (χ0v) is 31.7. The molecule has 0 spiro atoms. The topological polar surface area (TPSA) is 42.1 Å². The molecule has 0 fully saturated rings. The molecule has 3 heterocycles. The molecule has 58 heavy (non-hydrogen) atoms. The molecule has 4 nitrogen and oxygen atoms in total. The van der Waals surface area contributed by atoms with Gasteiger partial charge in [0.2, 0.25) is 0 Å². The largest absolute Gasteiger partial charge is 0.455 e. The third kappa shape index (κ3) is 5.90. The molecule has 2 aromatic heterocycles. The van der Waals surface area contributed by atoms with Crippen molar-refractivity contribution >= 4 is 38.5 Å². The van der Waals surface area contributed by atoms with Gasteiger partial charge in [-0.25, -0.2) is 0 Å². The smallest absolute Gasteiger partial charge is 0.145 e. The van der Waals surface area contributed by atoms with Gasteiger partial charge < -0.3 is 14.3 Å². The summed E-state index contributed by atoms with van der Waals surface area (Å²) in [6.07, 6.45) is 2.16. The summed E-state index contributed by atoms with van der Waals surface area (Å²) in [6, 6.07) is 73.3. The fourth-order valence-corrected chi connectivity index (χ4v) is 8.74. The molecule has 1 aliphatic rings. The van der Waals surface area contributed by atoms with Crippen LogP contribution in [-0.2, 0) is 0 Å². The summed E-state index contributed by atoms with van der Waals surface area (Å²) in [4.78, 5) is 0. The fourth-order valence-electron chi connectivity index (χ4n) is 8.74. The maximum absolute atomic E-state index is 7.03. The minimum absolute atomic E-state index is 0.00645. The number of fused-ring (bicyclic) bond motifs is 5. The van der Waals surface area contributed by atoms with Crippen LogP contribution < -0.4 is 10.6 Å². The summed E-state index contributed by atoms with van der Waals surface area (Å²) in [5.41, 5.74) is 14.6. The van der Waals surface area contributed by atoms with Crippen molar-refractivity contribution in [2.45, 2.75) is 12.2 Å². The van der Waals surface area contributed by atoms with Gasteiger partial charge in [0, 0.05) is 33.3 Å². The van der Waals surface area contributed by atoms with Gasteiger partial charge in [-0.15, -0.1) is 0 Å². The molecule has 11 rings (SSSR count). The molecule has 4 heteroatoms. The molecule has 2 N–H and O–H groups in total. The van der Waals surface area contributed by atoms with E-state index in [4.69, 9.17) is 4.42 Å².